The Kier molecular flexibility index (Phi) is 5.99. The lowest BCUT2D eigenvalue weighted by atomic mass is 10.1. The van der Waals surface area contributed by atoms with Crippen LogP contribution in [0.4, 0.5) is 0 Å². The fourth-order valence-electron chi connectivity index (χ4n) is 2.23. The molecule has 4 nitrogen and oxygen atoms in total. The second-order valence-electron chi connectivity index (χ2n) is 4.92. The molecule has 0 bridgehead atoms. The summed E-state index contributed by atoms with van der Waals surface area (Å²) in [6, 6.07) is 9.97. The van der Waals surface area contributed by atoms with Gasteiger partial charge in [0.25, 0.3) is 5.91 Å². The van der Waals surface area contributed by atoms with Gasteiger partial charge in [0.05, 0.1) is 6.54 Å². The number of benzene rings is 1. The Hall–Kier alpha value is -1.94. The van der Waals surface area contributed by atoms with Crippen LogP contribution in [0, 0.1) is 0 Å². The van der Waals surface area contributed by atoms with Crippen LogP contribution in [0.1, 0.15) is 24.8 Å². The summed E-state index contributed by atoms with van der Waals surface area (Å²) in [5.41, 5.74) is 3.66. The number of hydrogen-bond donors (Lipinski definition) is 1. The predicted octanol–water partition coefficient (Wildman–Crippen LogP) is 2.29. The molecule has 1 aliphatic heterocycles. The molecule has 1 heterocycles. The predicted molar refractivity (Wildman–Crippen MR) is 82.4 cm³/mol. The van der Waals surface area contributed by atoms with Crippen LogP contribution in [0.25, 0.3) is 6.08 Å². The minimum absolute atomic E-state index is 0.0451. The summed E-state index contributed by atoms with van der Waals surface area (Å²) in [5, 5.41) is 3.91. The van der Waals surface area contributed by atoms with Crippen LogP contribution in [0.5, 0.6) is 0 Å². The lowest BCUT2D eigenvalue weighted by Gasteiger charge is -2.25. The van der Waals surface area contributed by atoms with Crippen LogP contribution < -0.4 is 5.43 Å². The number of carbonyl (C=O) groups is 1. The van der Waals surface area contributed by atoms with E-state index >= 15 is 0 Å². The van der Waals surface area contributed by atoms with Crippen molar-refractivity contribution < 1.29 is 4.79 Å². The zero-order valence-corrected chi connectivity index (χ0v) is 11.7. The summed E-state index contributed by atoms with van der Waals surface area (Å²) in [5.74, 6) is -0.0451. The highest BCUT2D eigenvalue weighted by atomic mass is 16.2. The molecule has 1 aromatic rings. The molecule has 4 heteroatoms. The van der Waals surface area contributed by atoms with Crippen molar-refractivity contribution in [3.63, 3.8) is 0 Å². The monoisotopic (exact) mass is 271 g/mol. The first kappa shape index (κ1) is 14.5. The van der Waals surface area contributed by atoms with Gasteiger partial charge < -0.3 is 0 Å². The van der Waals surface area contributed by atoms with Crippen molar-refractivity contribution in [2.24, 2.45) is 5.10 Å². The molecule has 106 valence electrons. The topological polar surface area (TPSA) is 44.7 Å². The van der Waals surface area contributed by atoms with Gasteiger partial charge in [-0.25, -0.2) is 5.43 Å². The molecule has 2 rings (SSSR count). The highest BCUT2D eigenvalue weighted by Gasteiger charge is 2.12. The van der Waals surface area contributed by atoms with E-state index < -0.39 is 0 Å². The van der Waals surface area contributed by atoms with Crippen molar-refractivity contribution in [1.82, 2.24) is 10.3 Å². The molecule has 0 spiro atoms. The van der Waals surface area contributed by atoms with Crippen LogP contribution in [-0.4, -0.2) is 36.7 Å². The largest absolute Gasteiger partial charge is 0.294 e. The first-order valence-electron chi connectivity index (χ1n) is 7.10. The number of carbonyl (C=O) groups excluding carboxylic acids is 1. The van der Waals surface area contributed by atoms with Gasteiger partial charge in [-0.15, -0.1) is 0 Å². The van der Waals surface area contributed by atoms with E-state index in [0.29, 0.717) is 6.54 Å². The molecule has 0 unspecified atom stereocenters. The molecule has 1 N–H and O–H groups in total. The maximum atomic E-state index is 11.7. The molecule has 1 aromatic carbocycles. The molecule has 0 atom stereocenters. The Morgan fingerprint density at radius 2 is 1.95 bits per heavy atom. The van der Waals surface area contributed by atoms with Crippen molar-refractivity contribution in [2.75, 3.05) is 19.6 Å². The molecule has 1 fully saturated rings. The lowest BCUT2D eigenvalue weighted by Crippen LogP contribution is -2.38. The van der Waals surface area contributed by atoms with Crippen molar-refractivity contribution >= 4 is 18.2 Å². The molecule has 0 saturated carbocycles. The fourth-order valence-corrected chi connectivity index (χ4v) is 2.23. The van der Waals surface area contributed by atoms with Gasteiger partial charge in [0.1, 0.15) is 0 Å². The number of amides is 1. The Balaban J connectivity index is 1.67. The third-order valence-corrected chi connectivity index (χ3v) is 3.25. The summed E-state index contributed by atoms with van der Waals surface area (Å²) in [4.78, 5) is 13.8. The maximum absolute atomic E-state index is 11.7. The number of likely N-dealkylation sites (tertiary alicyclic amines) is 1. The average Bonchev–Trinajstić information content (AvgIpc) is 2.49. The SMILES string of the molecule is O=C(CN1CCCCC1)N/N=C/C=C/c1ccccc1. The molecular weight excluding hydrogens is 250 g/mol. The van der Waals surface area contributed by atoms with Crippen LogP contribution in [0.3, 0.4) is 0 Å². The Morgan fingerprint density at radius 1 is 1.20 bits per heavy atom. The van der Waals surface area contributed by atoms with Crippen LogP contribution >= 0.6 is 0 Å². The van der Waals surface area contributed by atoms with Gasteiger partial charge in [-0.2, -0.15) is 5.10 Å². The molecule has 0 aromatic heterocycles. The van der Waals surface area contributed by atoms with Gasteiger partial charge >= 0.3 is 0 Å². The van der Waals surface area contributed by atoms with Gasteiger partial charge in [0.15, 0.2) is 0 Å². The Labute approximate surface area is 120 Å². The molecule has 0 radical (unpaired) electrons. The van der Waals surface area contributed by atoms with Gasteiger partial charge in [0.2, 0.25) is 0 Å². The Morgan fingerprint density at radius 3 is 2.70 bits per heavy atom. The maximum Gasteiger partial charge on any atom is 0.254 e. The molecule has 0 aliphatic carbocycles. The minimum Gasteiger partial charge on any atom is -0.294 e. The van der Waals surface area contributed by atoms with E-state index in [9.17, 15) is 4.79 Å². The number of allylic oxidation sites excluding steroid dienone is 1. The summed E-state index contributed by atoms with van der Waals surface area (Å²) < 4.78 is 0. The normalized spacial score (nSPS) is 16.8. The van der Waals surface area contributed by atoms with E-state index in [2.05, 4.69) is 15.4 Å². The van der Waals surface area contributed by atoms with Crippen molar-refractivity contribution in [1.29, 1.82) is 0 Å². The first-order valence-corrected chi connectivity index (χ1v) is 7.10. The standard InChI is InChI=1S/C16H21N3O/c20-16(14-19-12-5-2-6-13-19)18-17-11-7-10-15-8-3-1-4-9-15/h1,3-4,7-11H,2,5-6,12-14H2,(H,18,20)/b10-7+,17-11+. The van der Waals surface area contributed by atoms with E-state index in [1.54, 1.807) is 6.21 Å². The fraction of sp³-hybridized carbons (Fsp3) is 0.375. The van der Waals surface area contributed by atoms with E-state index in [0.717, 1.165) is 18.7 Å². The van der Waals surface area contributed by atoms with Crippen LogP contribution in [0.2, 0.25) is 0 Å². The van der Waals surface area contributed by atoms with Crippen molar-refractivity contribution in [2.45, 2.75) is 19.3 Å². The summed E-state index contributed by atoms with van der Waals surface area (Å²) in [7, 11) is 0. The lowest BCUT2D eigenvalue weighted by molar-refractivity contribution is -0.122. The minimum atomic E-state index is -0.0451. The van der Waals surface area contributed by atoms with Gasteiger partial charge in [0, 0.05) is 6.21 Å². The van der Waals surface area contributed by atoms with Crippen LogP contribution in [0.15, 0.2) is 41.5 Å². The second-order valence-corrected chi connectivity index (χ2v) is 4.92. The third kappa shape index (κ3) is 5.36. The quantitative estimate of drug-likeness (QED) is 0.659. The zero-order valence-electron chi connectivity index (χ0n) is 11.7. The number of hydrazone groups is 1. The molecule has 1 amide bonds. The van der Waals surface area contributed by atoms with E-state index in [1.165, 1.54) is 19.3 Å². The number of nitrogens with zero attached hydrogens (tertiary/aromatic N) is 2. The molecule has 20 heavy (non-hydrogen) atoms. The summed E-state index contributed by atoms with van der Waals surface area (Å²) in [6.45, 7) is 2.48. The Bertz CT molecular complexity index is 462. The first-order chi connectivity index (χ1) is 9.84. The zero-order chi connectivity index (χ0) is 14.0. The number of hydrogen-bond acceptors (Lipinski definition) is 3. The number of rotatable bonds is 5. The smallest absolute Gasteiger partial charge is 0.254 e. The van der Waals surface area contributed by atoms with Crippen molar-refractivity contribution in [3.8, 4) is 0 Å². The van der Waals surface area contributed by atoms with Gasteiger partial charge in [-0.05, 0) is 37.6 Å². The van der Waals surface area contributed by atoms with Gasteiger partial charge in [-0.1, -0.05) is 42.8 Å². The summed E-state index contributed by atoms with van der Waals surface area (Å²) in [6.07, 6.45) is 9.02. The highest BCUT2D eigenvalue weighted by Crippen LogP contribution is 2.07. The van der Waals surface area contributed by atoms with Crippen molar-refractivity contribution in [3.05, 3.63) is 42.0 Å². The average molecular weight is 271 g/mol. The number of piperidine rings is 1. The van der Waals surface area contributed by atoms with Gasteiger partial charge in [-0.3, -0.25) is 9.69 Å². The highest BCUT2D eigenvalue weighted by molar-refractivity contribution is 5.82. The molecular formula is C16H21N3O. The van der Waals surface area contributed by atoms with E-state index in [1.807, 2.05) is 42.5 Å². The molecule has 1 aliphatic rings. The second kappa shape index (κ2) is 8.27. The van der Waals surface area contributed by atoms with E-state index in [-0.39, 0.29) is 5.91 Å². The van der Waals surface area contributed by atoms with Crippen LogP contribution in [-0.2, 0) is 4.79 Å². The third-order valence-electron chi connectivity index (χ3n) is 3.25. The van der Waals surface area contributed by atoms with E-state index in [4.69, 9.17) is 0 Å². The summed E-state index contributed by atoms with van der Waals surface area (Å²) >= 11 is 0. The molecule has 1 saturated heterocycles. The number of nitrogens with one attached hydrogen (secondary N) is 1.